The standard InChI is InChI=1S/C23H17ClFNO3S2/c1-31(27,28)21-11-10-17(23-26-12-13-30-23)22(15-6-8-16(25)9-7-15)18(21)14-29-20-5-3-2-4-19(20)24/h2-13H,14H2,1H3. The summed E-state index contributed by atoms with van der Waals surface area (Å²) in [7, 11) is -3.58. The van der Waals surface area contributed by atoms with E-state index in [-0.39, 0.29) is 17.3 Å². The van der Waals surface area contributed by atoms with Gasteiger partial charge >= 0.3 is 0 Å². The molecule has 0 spiro atoms. The van der Waals surface area contributed by atoms with E-state index in [2.05, 4.69) is 4.98 Å². The molecule has 0 radical (unpaired) electrons. The van der Waals surface area contributed by atoms with Gasteiger partial charge in [-0.25, -0.2) is 17.8 Å². The average Bonchev–Trinajstić information content (AvgIpc) is 3.27. The molecule has 0 amide bonds. The number of halogens is 2. The summed E-state index contributed by atoms with van der Waals surface area (Å²) in [5.74, 6) is 0.0565. The molecule has 31 heavy (non-hydrogen) atoms. The number of aromatic nitrogens is 1. The van der Waals surface area contributed by atoms with Gasteiger partial charge in [0.15, 0.2) is 9.84 Å². The molecule has 0 fully saturated rings. The number of sulfone groups is 1. The minimum Gasteiger partial charge on any atom is -0.487 e. The van der Waals surface area contributed by atoms with E-state index in [0.717, 1.165) is 16.8 Å². The van der Waals surface area contributed by atoms with E-state index >= 15 is 0 Å². The molecule has 0 atom stereocenters. The van der Waals surface area contributed by atoms with Gasteiger partial charge in [0.2, 0.25) is 0 Å². The van der Waals surface area contributed by atoms with Gasteiger partial charge in [0.05, 0.1) is 9.92 Å². The molecule has 0 aliphatic heterocycles. The van der Waals surface area contributed by atoms with E-state index in [9.17, 15) is 12.8 Å². The lowest BCUT2D eigenvalue weighted by molar-refractivity contribution is 0.304. The highest BCUT2D eigenvalue weighted by atomic mass is 35.5. The van der Waals surface area contributed by atoms with Gasteiger partial charge in [0.1, 0.15) is 23.2 Å². The van der Waals surface area contributed by atoms with Crippen molar-refractivity contribution in [2.75, 3.05) is 6.26 Å². The van der Waals surface area contributed by atoms with E-state index in [0.29, 0.717) is 27.5 Å². The third-order valence-corrected chi connectivity index (χ3v) is 6.97. The fraction of sp³-hybridized carbons (Fsp3) is 0.0870. The number of hydrogen-bond acceptors (Lipinski definition) is 5. The van der Waals surface area contributed by atoms with Crippen LogP contribution in [0.25, 0.3) is 21.7 Å². The first kappa shape index (κ1) is 21.5. The second kappa shape index (κ2) is 8.78. The van der Waals surface area contributed by atoms with Crippen molar-refractivity contribution in [2.45, 2.75) is 11.5 Å². The zero-order valence-electron chi connectivity index (χ0n) is 16.4. The van der Waals surface area contributed by atoms with Crippen LogP contribution in [0.4, 0.5) is 4.39 Å². The summed E-state index contributed by atoms with van der Waals surface area (Å²) in [6.45, 7) is -0.0436. The summed E-state index contributed by atoms with van der Waals surface area (Å²) in [6.07, 6.45) is 2.83. The van der Waals surface area contributed by atoms with Crippen molar-refractivity contribution in [3.8, 4) is 27.4 Å². The van der Waals surface area contributed by atoms with Crippen LogP contribution in [0.2, 0.25) is 5.02 Å². The van der Waals surface area contributed by atoms with Gasteiger partial charge in [-0.1, -0.05) is 41.9 Å². The van der Waals surface area contributed by atoms with Gasteiger partial charge in [0, 0.05) is 29.0 Å². The molecular weight excluding hydrogens is 457 g/mol. The van der Waals surface area contributed by atoms with Crippen molar-refractivity contribution in [1.82, 2.24) is 4.98 Å². The van der Waals surface area contributed by atoms with Crippen molar-refractivity contribution >= 4 is 32.8 Å². The Morgan fingerprint density at radius 3 is 2.45 bits per heavy atom. The zero-order valence-corrected chi connectivity index (χ0v) is 18.8. The summed E-state index contributed by atoms with van der Waals surface area (Å²) in [4.78, 5) is 4.53. The summed E-state index contributed by atoms with van der Waals surface area (Å²) in [5, 5.41) is 2.98. The normalized spacial score (nSPS) is 11.5. The second-order valence-corrected chi connectivity index (χ2v) is 10.1. The SMILES string of the molecule is CS(=O)(=O)c1ccc(-c2nccs2)c(-c2ccc(F)cc2)c1COc1ccccc1Cl. The molecule has 3 aromatic carbocycles. The first-order valence-corrected chi connectivity index (χ1v) is 12.4. The first-order valence-electron chi connectivity index (χ1n) is 9.23. The molecular formula is C23H17ClFNO3S2. The lowest BCUT2D eigenvalue weighted by atomic mass is 9.94. The predicted octanol–water partition coefficient (Wildman–Crippen LogP) is 6.25. The summed E-state index contributed by atoms with van der Waals surface area (Å²) < 4.78 is 44.8. The summed E-state index contributed by atoms with van der Waals surface area (Å²) in [5.41, 5.74) is 2.49. The minimum atomic E-state index is -3.58. The van der Waals surface area contributed by atoms with E-state index in [4.69, 9.17) is 16.3 Å². The van der Waals surface area contributed by atoms with Crippen molar-refractivity contribution in [1.29, 1.82) is 0 Å². The molecule has 4 rings (SSSR count). The maximum Gasteiger partial charge on any atom is 0.175 e. The third-order valence-electron chi connectivity index (χ3n) is 4.67. The molecule has 1 aromatic heterocycles. The molecule has 8 heteroatoms. The summed E-state index contributed by atoms with van der Waals surface area (Å²) in [6, 6.07) is 16.2. The van der Waals surface area contributed by atoms with Gasteiger partial charge in [-0.15, -0.1) is 11.3 Å². The highest BCUT2D eigenvalue weighted by molar-refractivity contribution is 7.90. The van der Waals surface area contributed by atoms with Crippen LogP contribution in [0.1, 0.15) is 5.56 Å². The Hall–Kier alpha value is -2.74. The molecule has 1 heterocycles. The topological polar surface area (TPSA) is 56.3 Å². The molecule has 158 valence electrons. The van der Waals surface area contributed by atoms with Crippen molar-refractivity contribution < 1.29 is 17.5 Å². The Kier molecular flexibility index (Phi) is 6.09. The molecule has 0 saturated heterocycles. The monoisotopic (exact) mass is 473 g/mol. The fourth-order valence-corrected chi connectivity index (χ4v) is 5.10. The molecule has 0 aliphatic carbocycles. The van der Waals surface area contributed by atoms with Crippen LogP contribution in [-0.4, -0.2) is 19.7 Å². The van der Waals surface area contributed by atoms with E-state index in [1.54, 1.807) is 54.7 Å². The number of ether oxygens (including phenoxy) is 1. The number of rotatable bonds is 6. The Morgan fingerprint density at radius 2 is 1.81 bits per heavy atom. The van der Waals surface area contributed by atoms with Gasteiger partial charge in [-0.3, -0.25) is 0 Å². The van der Waals surface area contributed by atoms with Crippen molar-refractivity contribution in [3.05, 3.63) is 88.6 Å². The number of benzene rings is 3. The largest absolute Gasteiger partial charge is 0.487 e. The fourth-order valence-electron chi connectivity index (χ4n) is 3.31. The van der Waals surface area contributed by atoms with Crippen LogP contribution >= 0.6 is 22.9 Å². The predicted molar refractivity (Wildman–Crippen MR) is 122 cm³/mol. The van der Waals surface area contributed by atoms with Crippen LogP contribution in [-0.2, 0) is 16.4 Å². The van der Waals surface area contributed by atoms with Crippen LogP contribution in [0.15, 0.2) is 77.1 Å². The van der Waals surface area contributed by atoms with E-state index < -0.39 is 9.84 Å². The van der Waals surface area contributed by atoms with Crippen LogP contribution in [0.3, 0.4) is 0 Å². The Morgan fingerprint density at radius 1 is 1.06 bits per heavy atom. The highest BCUT2D eigenvalue weighted by Gasteiger charge is 2.23. The molecule has 4 aromatic rings. The van der Waals surface area contributed by atoms with Gasteiger partial charge in [-0.2, -0.15) is 0 Å². The summed E-state index contributed by atoms with van der Waals surface area (Å²) >= 11 is 7.64. The Balaban J connectivity index is 1.95. The van der Waals surface area contributed by atoms with Crippen LogP contribution in [0, 0.1) is 5.82 Å². The molecule has 0 N–H and O–H groups in total. The third kappa shape index (κ3) is 4.63. The smallest absolute Gasteiger partial charge is 0.175 e. The number of nitrogens with zero attached hydrogens (tertiary/aromatic N) is 1. The van der Waals surface area contributed by atoms with Crippen molar-refractivity contribution in [2.24, 2.45) is 0 Å². The molecule has 4 nitrogen and oxygen atoms in total. The van der Waals surface area contributed by atoms with E-state index in [1.807, 2.05) is 5.38 Å². The van der Waals surface area contributed by atoms with Gasteiger partial charge < -0.3 is 4.74 Å². The molecule has 0 bridgehead atoms. The number of hydrogen-bond donors (Lipinski definition) is 0. The van der Waals surface area contributed by atoms with Crippen molar-refractivity contribution in [3.63, 3.8) is 0 Å². The molecule has 0 unspecified atom stereocenters. The first-order chi connectivity index (χ1) is 14.8. The second-order valence-electron chi connectivity index (χ2n) is 6.80. The van der Waals surface area contributed by atoms with E-state index in [1.165, 1.54) is 23.5 Å². The number of para-hydroxylation sites is 1. The maximum atomic E-state index is 13.6. The van der Waals surface area contributed by atoms with Crippen LogP contribution in [0.5, 0.6) is 5.75 Å². The maximum absolute atomic E-state index is 13.6. The quantitative estimate of drug-likeness (QED) is 0.332. The zero-order chi connectivity index (χ0) is 22.0. The average molecular weight is 474 g/mol. The molecule has 0 aliphatic rings. The van der Waals surface area contributed by atoms with Gasteiger partial charge in [0.25, 0.3) is 0 Å². The lowest BCUT2D eigenvalue weighted by Gasteiger charge is -2.19. The lowest BCUT2D eigenvalue weighted by Crippen LogP contribution is -2.09. The molecule has 0 saturated carbocycles. The van der Waals surface area contributed by atoms with Gasteiger partial charge in [-0.05, 0) is 41.5 Å². The van der Waals surface area contributed by atoms with Crippen LogP contribution < -0.4 is 4.74 Å². The Labute approximate surface area is 188 Å². The Bertz CT molecular complexity index is 1320. The highest BCUT2D eigenvalue weighted by Crippen LogP contribution is 2.40. The number of thiazole rings is 1. The minimum absolute atomic E-state index is 0.0436.